The molecule has 0 atom stereocenters. The highest BCUT2D eigenvalue weighted by atomic mass is 16.5. The Bertz CT molecular complexity index is 414. The minimum Gasteiger partial charge on any atom is -0.463 e. The number of nitrogens with zero attached hydrogens (tertiary/aromatic N) is 1. The minimum absolute atomic E-state index is 0.000568. The second kappa shape index (κ2) is 6.80. The van der Waals surface area contributed by atoms with E-state index in [-0.39, 0.29) is 18.2 Å². The number of rotatable bonds is 6. The molecule has 0 bridgehead atoms. The van der Waals surface area contributed by atoms with Gasteiger partial charge in [-0.3, -0.25) is 4.79 Å². The summed E-state index contributed by atoms with van der Waals surface area (Å²) in [6.07, 6.45) is 1.42. The molecule has 0 aliphatic rings. The van der Waals surface area contributed by atoms with E-state index in [1.807, 2.05) is 6.92 Å². The van der Waals surface area contributed by atoms with Crippen molar-refractivity contribution in [3.63, 3.8) is 0 Å². The molecule has 0 saturated carbocycles. The highest BCUT2D eigenvalue weighted by Crippen LogP contribution is 2.11. The smallest absolute Gasteiger partial charge is 0.374 e. The summed E-state index contributed by atoms with van der Waals surface area (Å²) in [6.45, 7) is 3.17. The van der Waals surface area contributed by atoms with Gasteiger partial charge in [0, 0.05) is 25.7 Å². The van der Waals surface area contributed by atoms with Crippen molar-refractivity contribution >= 4 is 11.9 Å². The first-order valence-corrected chi connectivity index (χ1v) is 5.69. The van der Waals surface area contributed by atoms with Crippen LogP contribution in [0.1, 0.15) is 23.0 Å². The molecule has 1 heterocycles. The van der Waals surface area contributed by atoms with Crippen molar-refractivity contribution < 1.29 is 18.7 Å². The summed E-state index contributed by atoms with van der Waals surface area (Å²) in [6, 6.07) is 1.67. The highest BCUT2D eigenvalue weighted by Gasteiger charge is 2.15. The third-order valence-corrected chi connectivity index (χ3v) is 2.61. The fourth-order valence-electron chi connectivity index (χ4n) is 1.36. The highest BCUT2D eigenvalue weighted by molar-refractivity contribution is 5.87. The number of esters is 1. The average Bonchev–Trinajstić information content (AvgIpc) is 2.85. The van der Waals surface area contributed by atoms with Gasteiger partial charge in [-0.2, -0.15) is 0 Å². The van der Waals surface area contributed by atoms with Crippen molar-refractivity contribution in [2.75, 3.05) is 27.2 Å². The average molecular weight is 254 g/mol. The molecule has 0 fully saturated rings. The quantitative estimate of drug-likeness (QED) is 0.754. The van der Waals surface area contributed by atoms with Gasteiger partial charge in [0.25, 0.3) is 0 Å². The zero-order valence-corrected chi connectivity index (χ0v) is 10.9. The number of hydrogen-bond acceptors (Lipinski definition) is 5. The number of methoxy groups -OCH3 is 1. The normalized spacial score (nSPS) is 10.2. The van der Waals surface area contributed by atoms with Crippen molar-refractivity contribution in [2.45, 2.75) is 13.5 Å². The molecule has 0 aliphatic heterocycles. The molecule has 0 saturated heterocycles. The van der Waals surface area contributed by atoms with Gasteiger partial charge in [0.15, 0.2) is 0 Å². The molecule has 100 valence electrons. The predicted octanol–water partition coefficient (Wildman–Crippen LogP) is 0.634. The first-order valence-electron chi connectivity index (χ1n) is 5.69. The van der Waals surface area contributed by atoms with Crippen molar-refractivity contribution in [1.29, 1.82) is 0 Å². The van der Waals surface area contributed by atoms with Crippen LogP contribution in [0.2, 0.25) is 0 Å². The molecule has 1 rings (SSSR count). The van der Waals surface area contributed by atoms with Crippen LogP contribution in [0.3, 0.4) is 0 Å². The van der Waals surface area contributed by atoms with Gasteiger partial charge in [-0.25, -0.2) is 4.79 Å². The van der Waals surface area contributed by atoms with Crippen LogP contribution in [0, 0.1) is 0 Å². The standard InChI is InChI=1S/C12H18N2O4/c1-4-14(2)10(15)8-13-7-9-5-6-18-11(9)12(16)17-3/h5-6,13H,4,7-8H2,1-3H3. The van der Waals surface area contributed by atoms with Crippen LogP contribution in [0.25, 0.3) is 0 Å². The fourth-order valence-corrected chi connectivity index (χ4v) is 1.36. The number of furan rings is 1. The second-order valence-electron chi connectivity index (χ2n) is 3.78. The molecule has 1 aromatic heterocycles. The van der Waals surface area contributed by atoms with Gasteiger partial charge in [0.1, 0.15) is 0 Å². The van der Waals surface area contributed by atoms with Crippen molar-refractivity contribution in [2.24, 2.45) is 0 Å². The third kappa shape index (κ3) is 3.59. The zero-order valence-electron chi connectivity index (χ0n) is 10.9. The lowest BCUT2D eigenvalue weighted by molar-refractivity contribution is -0.128. The largest absolute Gasteiger partial charge is 0.463 e. The topological polar surface area (TPSA) is 71.8 Å². The Kier molecular flexibility index (Phi) is 5.38. The lowest BCUT2D eigenvalue weighted by Gasteiger charge is -2.14. The number of carbonyl (C=O) groups excluding carboxylic acids is 2. The molecular formula is C12H18N2O4. The van der Waals surface area contributed by atoms with Crippen LogP contribution in [0.15, 0.2) is 16.7 Å². The molecule has 6 nitrogen and oxygen atoms in total. The van der Waals surface area contributed by atoms with Crippen LogP contribution in [0.4, 0.5) is 0 Å². The van der Waals surface area contributed by atoms with Gasteiger partial charge in [-0.1, -0.05) is 0 Å². The number of ether oxygens (including phenoxy) is 1. The Hall–Kier alpha value is -1.82. The number of carbonyl (C=O) groups is 2. The van der Waals surface area contributed by atoms with Crippen molar-refractivity contribution in [3.8, 4) is 0 Å². The van der Waals surface area contributed by atoms with Crippen LogP contribution in [0.5, 0.6) is 0 Å². The van der Waals surface area contributed by atoms with E-state index < -0.39 is 5.97 Å². The van der Waals surface area contributed by atoms with Gasteiger partial charge in [0.05, 0.1) is 19.9 Å². The van der Waals surface area contributed by atoms with Crippen LogP contribution in [-0.2, 0) is 16.1 Å². The molecule has 0 aliphatic carbocycles. The van der Waals surface area contributed by atoms with E-state index >= 15 is 0 Å². The molecule has 0 unspecified atom stereocenters. The summed E-state index contributed by atoms with van der Waals surface area (Å²) in [5.41, 5.74) is 0.675. The Balaban J connectivity index is 2.47. The van der Waals surface area contributed by atoms with Gasteiger partial charge >= 0.3 is 5.97 Å². The number of likely N-dealkylation sites (N-methyl/N-ethyl adjacent to an activating group) is 1. The molecule has 1 N–H and O–H groups in total. The maximum absolute atomic E-state index is 11.5. The fraction of sp³-hybridized carbons (Fsp3) is 0.500. The molecular weight excluding hydrogens is 236 g/mol. The SMILES string of the molecule is CCN(C)C(=O)CNCc1ccoc1C(=O)OC. The molecule has 18 heavy (non-hydrogen) atoms. The van der Waals surface area contributed by atoms with Gasteiger partial charge in [-0.15, -0.1) is 0 Å². The molecule has 6 heteroatoms. The summed E-state index contributed by atoms with van der Waals surface area (Å²) in [7, 11) is 3.03. The predicted molar refractivity (Wildman–Crippen MR) is 65.1 cm³/mol. The maximum Gasteiger partial charge on any atom is 0.374 e. The first-order chi connectivity index (χ1) is 8.60. The zero-order chi connectivity index (χ0) is 13.5. The van der Waals surface area contributed by atoms with Crippen LogP contribution in [-0.4, -0.2) is 44.0 Å². The lowest BCUT2D eigenvalue weighted by atomic mass is 10.2. The van der Waals surface area contributed by atoms with Crippen molar-refractivity contribution in [3.05, 3.63) is 23.7 Å². The van der Waals surface area contributed by atoms with E-state index in [2.05, 4.69) is 10.1 Å². The van der Waals surface area contributed by atoms with Gasteiger partial charge in [0.2, 0.25) is 11.7 Å². The molecule has 1 amide bonds. The lowest BCUT2D eigenvalue weighted by Crippen LogP contribution is -2.35. The number of hydrogen-bond donors (Lipinski definition) is 1. The summed E-state index contributed by atoms with van der Waals surface area (Å²) in [5, 5.41) is 2.96. The van der Waals surface area contributed by atoms with E-state index in [4.69, 9.17) is 4.42 Å². The Morgan fingerprint density at radius 2 is 2.22 bits per heavy atom. The minimum atomic E-state index is -0.520. The number of nitrogens with one attached hydrogen (secondary N) is 1. The molecule has 0 spiro atoms. The van der Waals surface area contributed by atoms with E-state index in [1.165, 1.54) is 13.4 Å². The summed E-state index contributed by atoms with van der Waals surface area (Å²) in [5.74, 6) is -0.351. The third-order valence-electron chi connectivity index (χ3n) is 2.61. The Morgan fingerprint density at radius 3 is 2.83 bits per heavy atom. The maximum atomic E-state index is 11.5. The second-order valence-corrected chi connectivity index (χ2v) is 3.78. The summed E-state index contributed by atoms with van der Waals surface area (Å²) in [4.78, 5) is 24.5. The van der Waals surface area contributed by atoms with Crippen LogP contribution >= 0.6 is 0 Å². The van der Waals surface area contributed by atoms with E-state index in [9.17, 15) is 9.59 Å². The van der Waals surface area contributed by atoms with Crippen molar-refractivity contribution in [1.82, 2.24) is 10.2 Å². The molecule has 0 radical (unpaired) electrons. The first kappa shape index (κ1) is 14.2. The van der Waals surface area contributed by atoms with E-state index in [0.29, 0.717) is 18.7 Å². The van der Waals surface area contributed by atoms with E-state index in [1.54, 1.807) is 18.0 Å². The number of amides is 1. The van der Waals surface area contributed by atoms with Gasteiger partial charge in [-0.05, 0) is 13.0 Å². The Labute approximate surface area is 106 Å². The summed E-state index contributed by atoms with van der Waals surface area (Å²) < 4.78 is 9.62. The monoisotopic (exact) mass is 254 g/mol. The Morgan fingerprint density at radius 1 is 1.50 bits per heavy atom. The molecule has 0 aromatic carbocycles. The van der Waals surface area contributed by atoms with Gasteiger partial charge < -0.3 is 19.4 Å². The van der Waals surface area contributed by atoms with Crippen LogP contribution < -0.4 is 5.32 Å². The summed E-state index contributed by atoms with van der Waals surface area (Å²) >= 11 is 0. The molecule has 1 aromatic rings. The van der Waals surface area contributed by atoms with E-state index in [0.717, 1.165) is 0 Å².